The fourth-order valence-electron chi connectivity index (χ4n) is 2.13. The third-order valence-electron chi connectivity index (χ3n) is 2.92. The second-order valence-corrected chi connectivity index (χ2v) is 4.18. The number of fused-ring (bicyclic) bond motifs is 1. The number of nitrogens with zero attached hydrogens (tertiary/aromatic N) is 4. The number of anilines is 1. The predicted octanol–water partition coefficient (Wildman–Crippen LogP) is 0.888. The first-order valence-electron chi connectivity index (χ1n) is 5.85. The molecule has 0 aromatic carbocycles. The maximum Gasteiger partial charge on any atom is 0.161 e. The largest absolute Gasteiger partial charge is 0.380 e. The van der Waals surface area contributed by atoms with Crippen LogP contribution in [-0.4, -0.2) is 46.5 Å². The van der Waals surface area contributed by atoms with Crippen LogP contribution in [-0.2, 0) is 4.74 Å². The third-order valence-corrected chi connectivity index (χ3v) is 2.92. The Morgan fingerprint density at radius 1 is 1.29 bits per heavy atom. The van der Waals surface area contributed by atoms with Crippen LogP contribution in [0, 0.1) is 6.92 Å². The lowest BCUT2D eigenvalue weighted by Crippen LogP contribution is -2.27. The molecule has 0 amide bonds. The summed E-state index contributed by atoms with van der Waals surface area (Å²) < 4.78 is 5.46. The minimum absolute atomic E-state index is 0.752. The number of hydrogen-bond donors (Lipinski definition) is 1. The van der Waals surface area contributed by atoms with E-state index in [1.807, 2.05) is 6.92 Å². The van der Waals surface area contributed by atoms with Gasteiger partial charge in [-0.2, -0.15) is 5.10 Å². The van der Waals surface area contributed by atoms with Gasteiger partial charge < -0.3 is 9.64 Å². The Labute approximate surface area is 99.0 Å². The number of aromatic amines is 1. The van der Waals surface area contributed by atoms with Gasteiger partial charge in [-0.3, -0.25) is 5.10 Å². The maximum atomic E-state index is 5.46. The van der Waals surface area contributed by atoms with Crippen molar-refractivity contribution in [3.63, 3.8) is 0 Å². The average Bonchev–Trinajstić information content (AvgIpc) is 2.62. The van der Waals surface area contributed by atoms with E-state index in [1.54, 1.807) is 6.20 Å². The van der Waals surface area contributed by atoms with E-state index in [4.69, 9.17) is 4.74 Å². The zero-order valence-electron chi connectivity index (χ0n) is 9.81. The van der Waals surface area contributed by atoms with Gasteiger partial charge in [-0.05, 0) is 13.3 Å². The maximum absolute atomic E-state index is 5.46. The highest BCUT2D eigenvalue weighted by molar-refractivity contribution is 5.86. The van der Waals surface area contributed by atoms with Crippen molar-refractivity contribution in [2.24, 2.45) is 0 Å². The van der Waals surface area contributed by atoms with Crippen LogP contribution in [0.5, 0.6) is 0 Å². The first-order valence-corrected chi connectivity index (χ1v) is 5.85. The van der Waals surface area contributed by atoms with Crippen molar-refractivity contribution in [2.75, 3.05) is 31.2 Å². The molecule has 2 aromatic heterocycles. The summed E-state index contributed by atoms with van der Waals surface area (Å²) in [6.45, 7) is 5.32. The molecule has 1 aliphatic heterocycles. The summed E-state index contributed by atoms with van der Waals surface area (Å²) in [7, 11) is 0. The van der Waals surface area contributed by atoms with Gasteiger partial charge >= 0.3 is 0 Å². The van der Waals surface area contributed by atoms with E-state index in [0.717, 1.165) is 55.4 Å². The molecule has 2 aromatic rings. The number of ether oxygens (including phenoxy) is 1. The summed E-state index contributed by atoms with van der Waals surface area (Å²) in [5, 5.41) is 7.92. The van der Waals surface area contributed by atoms with E-state index in [2.05, 4.69) is 25.1 Å². The minimum Gasteiger partial charge on any atom is -0.380 e. The molecule has 6 nitrogen and oxygen atoms in total. The lowest BCUT2D eigenvalue weighted by molar-refractivity contribution is 0.152. The fourth-order valence-corrected chi connectivity index (χ4v) is 2.13. The number of hydrogen-bond acceptors (Lipinski definition) is 5. The minimum atomic E-state index is 0.752. The van der Waals surface area contributed by atoms with Gasteiger partial charge in [-0.25, -0.2) is 9.97 Å². The topological polar surface area (TPSA) is 66.9 Å². The molecule has 90 valence electrons. The van der Waals surface area contributed by atoms with Crippen LogP contribution in [0.3, 0.4) is 0 Å². The summed E-state index contributed by atoms with van der Waals surface area (Å²) in [6.07, 6.45) is 2.82. The van der Waals surface area contributed by atoms with E-state index in [1.165, 1.54) is 0 Å². The van der Waals surface area contributed by atoms with Gasteiger partial charge in [-0.15, -0.1) is 0 Å². The standard InChI is InChI=1S/C11H15N5O/c1-8-13-10-9(7-12-15-10)11(14-8)16-3-2-5-17-6-4-16/h7H,2-6H2,1H3,(H,12,13,14,15). The van der Waals surface area contributed by atoms with Crippen molar-refractivity contribution >= 4 is 16.9 Å². The van der Waals surface area contributed by atoms with Gasteiger partial charge in [0.1, 0.15) is 11.6 Å². The van der Waals surface area contributed by atoms with E-state index in [-0.39, 0.29) is 0 Å². The molecular weight excluding hydrogens is 218 g/mol. The molecule has 3 heterocycles. The highest BCUT2D eigenvalue weighted by Gasteiger charge is 2.16. The highest BCUT2D eigenvalue weighted by Crippen LogP contribution is 2.22. The first-order chi connectivity index (χ1) is 8.34. The van der Waals surface area contributed by atoms with Crippen molar-refractivity contribution < 1.29 is 4.74 Å². The van der Waals surface area contributed by atoms with Crippen LogP contribution < -0.4 is 4.90 Å². The molecule has 6 heteroatoms. The first kappa shape index (κ1) is 10.5. The zero-order chi connectivity index (χ0) is 11.7. The van der Waals surface area contributed by atoms with Crippen LogP contribution in [0.1, 0.15) is 12.2 Å². The van der Waals surface area contributed by atoms with E-state index in [0.29, 0.717) is 0 Å². The molecule has 0 saturated carbocycles. The summed E-state index contributed by atoms with van der Waals surface area (Å²) in [4.78, 5) is 11.1. The normalized spacial score (nSPS) is 17.4. The average molecular weight is 233 g/mol. The molecule has 1 saturated heterocycles. The molecule has 0 bridgehead atoms. The van der Waals surface area contributed by atoms with E-state index < -0.39 is 0 Å². The molecular formula is C11H15N5O. The summed E-state index contributed by atoms with van der Waals surface area (Å²) in [5.41, 5.74) is 0.803. The number of aryl methyl sites for hydroxylation is 1. The molecule has 0 aliphatic carbocycles. The summed E-state index contributed by atoms with van der Waals surface area (Å²) >= 11 is 0. The Balaban J connectivity index is 2.05. The smallest absolute Gasteiger partial charge is 0.161 e. The number of rotatable bonds is 1. The van der Waals surface area contributed by atoms with Crippen LogP contribution in [0.25, 0.3) is 11.0 Å². The second-order valence-electron chi connectivity index (χ2n) is 4.18. The quantitative estimate of drug-likeness (QED) is 0.792. The summed E-state index contributed by atoms with van der Waals surface area (Å²) in [6, 6.07) is 0. The van der Waals surface area contributed by atoms with Gasteiger partial charge in [0, 0.05) is 19.7 Å². The van der Waals surface area contributed by atoms with Crippen molar-refractivity contribution in [1.29, 1.82) is 0 Å². The lowest BCUT2D eigenvalue weighted by atomic mass is 10.3. The molecule has 0 unspecified atom stereocenters. The molecule has 1 N–H and O–H groups in total. The molecule has 0 spiro atoms. The van der Waals surface area contributed by atoms with Gasteiger partial charge in [0.25, 0.3) is 0 Å². The molecule has 0 atom stereocenters. The fraction of sp³-hybridized carbons (Fsp3) is 0.545. The molecule has 1 aliphatic rings. The van der Waals surface area contributed by atoms with E-state index >= 15 is 0 Å². The lowest BCUT2D eigenvalue weighted by Gasteiger charge is -2.21. The second kappa shape index (κ2) is 4.29. The van der Waals surface area contributed by atoms with Crippen molar-refractivity contribution in [3.8, 4) is 0 Å². The van der Waals surface area contributed by atoms with Crippen LogP contribution in [0.4, 0.5) is 5.82 Å². The Bertz CT molecular complexity index is 516. The van der Waals surface area contributed by atoms with Crippen LogP contribution in [0.15, 0.2) is 6.20 Å². The highest BCUT2D eigenvalue weighted by atomic mass is 16.5. The Kier molecular flexibility index (Phi) is 2.64. The molecule has 1 fully saturated rings. The summed E-state index contributed by atoms with van der Waals surface area (Å²) in [5.74, 6) is 1.73. The number of H-pyrrole nitrogens is 1. The Morgan fingerprint density at radius 3 is 3.18 bits per heavy atom. The molecule has 0 radical (unpaired) electrons. The van der Waals surface area contributed by atoms with Crippen molar-refractivity contribution in [1.82, 2.24) is 20.2 Å². The Morgan fingerprint density at radius 2 is 2.24 bits per heavy atom. The van der Waals surface area contributed by atoms with E-state index in [9.17, 15) is 0 Å². The SMILES string of the molecule is Cc1nc(N2CCCOCC2)c2cn[nH]c2n1. The molecule has 3 rings (SSSR count). The van der Waals surface area contributed by atoms with Crippen LogP contribution in [0.2, 0.25) is 0 Å². The van der Waals surface area contributed by atoms with Crippen LogP contribution >= 0.6 is 0 Å². The van der Waals surface area contributed by atoms with Crippen molar-refractivity contribution in [2.45, 2.75) is 13.3 Å². The third kappa shape index (κ3) is 1.95. The predicted molar refractivity (Wildman–Crippen MR) is 64.1 cm³/mol. The van der Waals surface area contributed by atoms with Gasteiger partial charge in [0.2, 0.25) is 0 Å². The monoisotopic (exact) mass is 233 g/mol. The van der Waals surface area contributed by atoms with Gasteiger partial charge in [-0.1, -0.05) is 0 Å². The molecule has 17 heavy (non-hydrogen) atoms. The van der Waals surface area contributed by atoms with Crippen molar-refractivity contribution in [3.05, 3.63) is 12.0 Å². The number of nitrogens with one attached hydrogen (secondary N) is 1. The van der Waals surface area contributed by atoms with Gasteiger partial charge in [0.15, 0.2) is 5.65 Å². The Hall–Kier alpha value is -1.69. The van der Waals surface area contributed by atoms with Gasteiger partial charge in [0.05, 0.1) is 18.2 Å². The zero-order valence-corrected chi connectivity index (χ0v) is 9.81. The number of aromatic nitrogens is 4.